The second-order valence-corrected chi connectivity index (χ2v) is 6.77. The van der Waals surface area contributed by atoms with Crippen molar-refractivity contribution in [2.45, 2.75) is 38.3 Å². The quantitative estimate of drug-likeness (QED) is 0.729. The first-order valence-electron chi connectivity index (χ1n) is 9.26. The van der Waals surface area contributed by atoms with Crippen LogP contribution in [0.2, 0.25) is 0 Å². The molecule has 3 heterocycles. The summed E-state index contributed by atoms with van der Waals surface area (Å²) in [6, 6.07) is 7.62. The Morgan fingerprint density at radius 3 is 2.81 bits per heavy atom. The molecule has 4 rings (SSSR count). The molecule has 0 aliphatic heterocycles. The van der Waals surface area contributed by atoms with Crippen molar-refractivity contribution in [3.8, 4) is 11.7 Å². The van der Waals surface area contributed by atoms with Crippen LogP contribution in [0.4, 0.5) is 0 Å². The summed E-state index contributed by atoms with van der Waals surface area (Å²) < 4.78 is 9.61. The SMILES string of the molecule is Cn1ncc(C(=O)NCc2cccnc2OC2CCCC2)c1-n1cccc1. The van der Waals surface area contributed by atoms with Gasteiger partial charge in [0.25, 0.3) is 5.91 Å². The normalized spacial score (nSPS) is 14.4. The van der Waals surface area contributed by atoms with Crippen molar-refractivity contribution in [2.24, 2.45) is 7.05 Å². The largest absolute Gasteiger partial charge is 0.474 e. The highest BCUT2D eigenvalue weighted by atomic mass is 16.5. The van der Waals surface area contributed by atoms with Crippen molar-refractivity contribution in [3.05, 3.63) is 60.2 Å². The lowest BCUT2D eigenvalue weighted by Crippen LogP contribution is -2.25. The van der Waals surface area contributed by atoms with E-state index in [4.69, 9.17) is 4.74 Å². The van der Waals surface area contributed by atoms with Gasteiger partial charge in [0, 0.05) is 37.7 Å². The molecule has 7 heteroatoms. The maximum absolute atomic E-state index is 12.8. The number of hydrogen-bond acceptors (Lipinski definition) is 4. The fraction of sp³-hybridized carbons (Fsp3) is 0.350. The van der Waals surface area contributed by atoms with Crippen molar-refractivity contribution in [1.82, 2.24) is 24.6 Å². The number of aryl methyl sites for hydroxylation is 1. The van der Waals surface area contributed by atoms with Crippen LogP contribution >= 0.6 is 0 Å². The van der Waals surface area contributed by atoms with E-state index in [1.165, 1.54) is 12.8 Å². The van der Waals surface area contributed by atoms with Crippen molar-refractivity contribution >= 4 is 5.91 Å². The van der Waals surface area contributed by atoms with E-state index in [-0.39, 0.29) is 12.0 Å². The molecule has 1 fully saturated rings. The Morgan fingerprint density at radius 1 is 1.26 bits per heavy atom. The van der Waals surface area contributed by atoms with Gasteiger partial charge in [0.15, 0.2) is 0 Å². The average Bonchev–Trinajstić information content (AvgIpc) is 3.42. The van der Waals surface area contributed by atoms with Crippen LogP contribution in [-0.2, 0) is 13.6 Å². The summed E-state index contributed by atoms with van der Waals surface area (Å²) in [5.41, 5.74) is 1.40. The van der Waals surface area contributed by atoms with Crippen LogP contribution in [0.25, 0.3) is 5.82 Å². The van der Waals surface area contributed by atoms with E-state index in [0.29, 0.717) is 18.0 Å². The molecule has 0 radical (unpaired) electrons. The van der Waals surface area contributed by atoms with Gasteiger partial charge in [-0.3, -0.25) is 9.48 Å². The summed E-state index contributed by atoms with van der Waals surface area (Å²) in [4.78, 5) is 17.1. The Bertz CT molecular complexity index is 910. The molecule has 1 aliphatic rings. The molecule has 7 nitrogen and oxygen atoms in total. The fourth-order valence-electron chi connectivity index (χ4n) is 3.47. The lowest BCUT2D eigenvalue weighted by Gasteiger charge is -2.15. The van der Waals surface area contributed by atoms with Crippen LogP contribution < -0.4 is 10.1 Å². The highest BCUT2D eigenvalue weighted by Crippen LogP contribution is 2.25. The van der Waals surface area contributed by atoms with E-state index >= 15 is 0 Å². The third kappa shape index (κ3) is 3.72. The summed E-state index contributed by atoms with van der Waals surface area (Å²) in [6.45, 7) is 0.356. The topological polar surface area (TPSA) is 74.0 Å². The molecule has 1 N–H and O–H groups in total. The monoisotopic (exact) mass is 365 g/mol. The number of pyridine rings is 1. The lowest BCUT2D eigenvalue weighted by atomic mass is 10.2. The van der Waals surface area contributed by atoms with Crippen LogP contribution in [-0.4, -0.2) is 31.3 Å². The molecule has 0 aromatic carbocycles. The number of ether oxygens (including phenoxy) is 1. The predicted octanol–water partition coefficient (Wildman–Crippen LogP) is 2.86. The van der Waals surface area contributed by atoms with Crippen LogP contribution in [0.5, 0.6) is 5.88 Å². The molecule has 1 aliphatic carbocycles. The smallest absolute Gasteiger partial charge is 0.256 e. The summed E-state index contributed by atoms with van der Waals surface area (Å²) in [5, 5.41) is 7.20. The molecule has 0 bridgehead atoms. The first kappa shape index (κ1) is 17.3. The first-order valence-corrected chi connectivity index (χ1v) is 9.26. The number of amides is 1. The molecular formula is C20H23N5O2. The van der Waals surface area contributed by atoms with Gasteiger partial charge in [0.1, 0.15) is 17.5 Å². The van der Waals surface area contributed by atoms with Gasteiger partial charge in [-0.05, 0) is 43.9 Å². The minimum Gasteiger partial charge on any atom is -0.474 e. The van der Waals surface area contributed by atoms with Gasteiger partial charge in [-0.1, -0.05) is 6.07 Å². The van der Waals surface area contributed by atoms with E-state index in [2.05, 4.69) is 15.4 Å². The second-order valence-electron chi connectivity index (χ2n) is 6.77. The van der Waals surface area contributed by atoms with Crippen molar-refractivity contribution in [2.75, 3.05) is 0 Å². The Kier molecular flexibility index (Phi) is 4.91. The van der Waals surface area contributed by atoms with Crippen molar-refractivity contribution < 1.29 is 9.53 Å². The average molecular weight is 365 g/mol. The Labute approximate surface area is 158 Å². The number of hydrogen-bond donors (Lipinski definition) is 1. The van der Waals surface area contributed by atoms with Crippen molar-refractivity contribution in [1.29, 1.82) is 0 Å². The summed E-state index contributed by atoms with van der Waals surface area (Å²) in [5.74, 6) is 1.16. The second kappa shape index (κ2) is 7.65. The van der Waals surface area contributed by atoms with Gasteiger partial charge in [-0.15, -0.1) is 0 Å². The highest BCUT2D eigenvalue weighted by molar-refractivity contribution is 5.97. The zero-order valence-electron chi connectivity index (χ0n) is 15.3. The summed E-state index contributed by atoms with van der Waals surface area (Å²) >= 11 is 0. The van der Waals surface area contributed by atoms with Crippen LogP contribution in [0.15, 0.2) is 49.1 Å². The number of rotatable bonds is 6. The molecule has 140 valence electrons. The van der Waals surface area contributed by atoms with Crippen LogP contribution in [0.3, 0.4) is 0 Å². The predicted molar refractivity (Wildman–Crippen MR) is 101 cm³/mol. The maximum atomic E-state index is 12.8. The zero-order chi connectivity index (χ0) is 18.6. The van der Waals surface area contributed by atoms with E-state index < -0.39 is 0 Å². The van der Waals surface area contributed by atoms with Gasteiger partial charge < -0.3 is 14.6 Å². The Hall–Kier alpha value is -3.09. The van der Waals surface area contributed by atoms with Crippen molar-refractivity contribution in [3.63, 3.8) is 0 Å². The summed E-state index contributed by atoms with van der Waals surface area (Å²) in [7, 11) is 1.82. The standard InChI is InChI=1S/C20H23N5O2/c1-24-20(25-11-4-5-12-25)17(14-23-24)18(26)22-13-15-7-6-10-21-19(15)27-16-8-2-3-9-16/h4-7,10-12,14,16H,2-3,8-9,13H2,1H3,(H,22,26). The molecule has 0 atom stereocenters. The minimum absolute atomic E-state index is 0.178. The third-order valence-corrected chi connectivity index (χ3v) is 4.87. The molecule has 1 saturated carbocycles. The molecular weight excluding hydrogens is 342 g/mol. The Balaban J connectivity index is 1.48. The number of carbonyl (C=O) groups is 1. The Morgan fingerprint density at radius 2 is 2.04 bits per heavy atom. The molecule has 1 amide bonds. The van der Waals surface area contributed by atoms with Gasteiger partial charge in [0.05, 0.1) is 6.20 Å². The van der Waals surface area contributed by atoms with Gasteiger partial charge in [-0.2, -0.15) is 5.10 Å². The van der Waals surface area contributed by atoms with Gasteiger partial charge in [-0.25, -0.2) is 4.98 Å². The maximum Gasteiger partial charge on any atom is 0.256 e. The highest BCUT2D eigenvalue weighted by Gasteiger charge is 2.20. The van der Waals surface area contributed by atoms with Crippen LogP contribution in [0.1, 0.15) is 41.6 Å². The number of aromatic nitrogens is 4. The number of nitrogens with one attached hydrogen (secondary N) is 1. The van der Waals surface area contributed by atoms with Gasteiger partial charge in [0.2, 0.25) is 5.88 Å². The van der Waals surface area contributed by atoms with Gasteiger partial charge >= 0.3 is 0 Å². The minimum atomic E-state index is -0.178. The van der Waals surface area contributed by atoms with E-state index in [1.807, 2.05) is 48.3 Å². The first-order chi connectivity index (χ1) is 13.2. The molecule has 0 saturated heterocycles. The zero-order valence-corrected chi connectivity index (χ0v) is 15.3. The third-order valence-electron chi connectivity index (χ3n) is 4.87. The molecule has 3 aromatic heterocycles. The summed E-state index contributed by atoms with van der Waals surface area (Å²) in [6.07, 6.45) is 11.9. The number of carbonyl (C=O) groups excluding carboxylic acids is 1. The molecule has 0 spiro atoms. The number of nitrogens with zero attached hydrogens (tertiary/aromatic N) is 4. The lowest BCUT2D eigenvalue weighted by molar-refractivity contribution is 0.0950. The molecule has 27 heavy (non-hydrogen) atoms. The van der Waals surface area contributed by atoms with E-state index in [1.54, 1.807) is 17.1 Å². The van der Waals surface area contributed by atoms with Crippen LogP contribution in [0, 0.1) is 0 Å². The molecule has 0 unspecified atom stereocenters. The van der Waals surface area contributed by atoms with E-state index in [9.17, 15) is 4.79 Å². The fourth-order valence-corrected chi connectivity index (χ4v) is 3.47. The molecule has 3 aromatic rings. The van der Waals surface area contributed by atoms with E-state index in [0.717, 1.165) is 24.2 Å².